The highest BCUT2D eigenvalue weighted by Crippen LogP contribution is 2.27. The number of nitrogens with one attached hydrogen (secondary N) is 3. The van der Waals surface area contributed by atoms with E-state index in [1.807, 2.05) is 35.7 Å². The van der Waals surface area contributed by atoms with E-state index in [4.69, 9.17) is 4.74 Å². The minimum absolute atomic E-state index is 0.0673. The molecule has 1 unspecified atom stereocenters. The highest BCUT2D eigenvalue weighted by atomic mass is 32.1. The Balaban J connectivity index is 1.35. The maximum atomic E-state index is 12.7. The van der Waals surface area contributed by atoms with Gasteiger partial charge in [-0.25, -0.2) is 4.79 Å². The molecule has 2 aromatic carbocycles. The van der Waals surface area contributed by atoms with Gasteiger partial charge >= 0.3 is 6.03 Å². The van der Waals surface area contributed by atoms with Gasteiger partial charge in [0.15, 0.2) is 0 Å². The van der Waals surface area contributed by atoms with E-state index in [0.29, 0.717) is 24.3 Å². The molecule has 178 valence electrons. The first-order chi connectivity index (χ1) is 16.6. The van der Waals surface area contributed by atoms with Crippen molar-refractivity contribution in [2.24, 2.45) is 0 Å². The van der Waals surface area contributed by atoms with Gasteiger partial charge in [-0.05, 0) is 73.3 Å². The second-order valence-electron chi connectivity index (χ2n) is 8.21. The zero-order valence-corrected chi connectivity index (χ0v) is 20.1. The third-order valence-corrected chi connectivity index (χ3v) is 6.78. The Morgan fingerprint density at radius 3 is 2.62 bits per heavy atom. The molecule has 1 aliphatic rings. The molecule has 3 N–H and O–H groups in total. The lowest BCUT2D eigenvalue weighted by Crippen LogP contribution is -2.38. The average molecular weight is 479 g/mol. The van der Waals surface area contributed by atoms with Crippen LogP contribution in [0.2, 0.25) is 0 Å². The molecule has 1 atom stereocenters. The van der Waals surface area contributed by atoms with Crippen molar-refractivity contribution in [2.45, 2.75) is 25.4 Å². The Morgan fingerprint density at radius 1 is 1.03 bits per heavy atom. The molecule has 8 heteroatoms. The number of likely N-dealkylation sites (tertiary alicyclic amines) is 1. The summed E-state index contributed by atoms with van der Waals surface area (Å²) in [5.74, 6) is 0.630. The van der Waals surface area contributed by atoms with Crippen LogP contribution in [0.1, 0.15) is 39.7 Å². The molecule has 1 aliphatic heterocycles. The first-order valence-corrected chi connectivity index (χ1v) is 12.3. The Morgan fingerprint density at radius 2 is 1.85 bits per heavy atom. The van der Waals surface area contributed by atoms with Crippen molar-refractivity contribution in [3.05, 3.63) is 82.0 Å². The number of ether oxygens (including phenoxy) is 1. The monoisotopic (exact) mass is 478 g/mol. The predicted octanol–water partition coefficient (Wildman–Crippen LogP) is 4.65. The quantitative estimate of drug-likeness (QED) is 0.418. The maximum absolute atomic E-state index is 12.7. The summed E-state index contributed by atoms with van der Waals surface area (Å²) < 4.78 is 5.39. The lowest BCUT2D eigenvalue weighted by atomic mass is 10.1. The lowest BCUT2D eigenvalue weighted by Gasteiger charge is -2.28. The Kier molecular flexibility index (Phi) is 8.17. The molecule has 0 bridgehead atoms. The van der Waals surface area contributed by atoms with Crippen molar-refractivity contribution in [3.63, 3.8) is 0 Å². The number of methoxy groups -OCH3 is 1. The van der Waals surface area contributed by atoms with E-state index < -0.39 is 0 Å². The van der Waals surface area contributed by atoms with Gasteiger partial charge in [0.1, 0.15) is 5.75 Å². The molecule has 0 saturated carbocycles. The number of benzene rings is 2. The van der Waals surface area contributed by atoms with Gasteiger partial charge < -0.3 is 20.7 Å². The fourth-order valence-corrected chi connectivity index (χ4v) is 4.79. The van der Waals surface area contributed by atoms with Gasteiger partial charge in [-0.1, -0.05) is 24.3 Å². The van der Waals surface area contributed by atoms with Gasteiger partial charge in [-0.3, -0.25) is 9.69 Å². The molecule has 7 nitrogen and oxygen atoms in total. The Hall–Kier alpha value is -3.36. The topological polar surface area (TPSA) is 82.7 Å². The van der Waals surface area contributed by atoms with Gasteiger partial charge in [0.05, 0.1) is 19.7 Å². The average Bonchev–Trinajstić information content (AvgIpc) is 3.58. The van der Waals surface area contributed by atoms with Crippen LogP contribution in [-0.4, -0.2) is 43.6 Å². The van der Waals surface area contributed by atoms with Crippen LogP contribution >= 0.6 is 11.3 Å². The molecule has 0 aliphatic carbocycles. The number of hydrogen-bond acceptors (Lipinski definition) is 5. The molecule has 1 saturated heterocycles. The fourth-order valence-electron chi connectivity index (χ4n) is 4.15. The third-order valence-electron chi connectivity index (χ3n) is 5.90. The van der Waals surface area contributed by atoms with E-state index in [0.717, 1.165) is 42.1 Å². The minimum atomic E-state index is -0.303. The minimum Gasteiger partial charge on any atom is -0.497 e. The number of nitrogens with zero attached hydrogens (tertiary/aromatic N) is 1. The number of thiophene rings is 1. The van der Waals surface area contributed by atoms with Gasteiger partial charge in [0, 0.05) is 22.7 Å². The van der Waals surface area contributed by atoms with Crippen molar-refractivity contribution in [1.82, 2.24) is 15.5 Å². The number of carbonyl (C=O) groups excluding carboxylic acids is 2. The third kappa shape index (κ3) is 6.36. The van der Waals surface area contributed by atoms with Gasteiger partial charge in [-0.2, -0.15) is 0 Å². The van der Waals surface area contributed by atoms with Gasteiger partial charge in [0.25, 0.3) is 5.91 Å². The SMILES string of the molecule is COc1cccc(C(CNC(=O)Nc2cccc(C(=O)NCc3cccs3)c2)N2CCCC2)c1. The molecule has 3 amide bonds. The van der Waals surface area contributed by atoms with Crippen LogP contribution in [0.3, 0.4) is 0 Å². The van der Waals surface area contributed by atoms with Crippen LogP contribution in [0.15, 0.2) is 66.0 Å². The molecule has 3 aromatic rings. The van der Waals surface area contributed by atoms with Gasteiger partial charge in [0.2, 0.25) is 0 Å². The van der Waals surface area contributed by atoms with Crippen LogP contribution in [0.25, 0.3) is 0 Å². The van der Waals surface area contributed by atoms with E-state index in [-0.39, 0.29) is 18.0 Å². The van der Waals surface area contributed by atoms with Crippen LogP contribution < -0.4 is 20.7 Å². The van der Waals surface area contributed by atoms with Crippen LogP contribution in [0.5, 0.6) is 5.75 Å². The second kappa shape index (κ2) is 11.7. The number of rotatable bonds is 9. The van der Waals surface area contributed by atoms with E-state index in [1.54, 1.807) is 42.7 Å². The zero-order valence-electron chi connectivity index (χ0n) is 19.3. The number of carbonyl (C=O) groups is 2. The van der Waals surface area contributed by atoms with E-state index in [2.05, 4.69) is 26.9 Å². The highest BCUT2D eigenvalue weighted by molar-refractivity contribution is 7.09. The second-order valence-corrected chi connectivity index (χ2v) is 9.25. The van der Waals surface area contributed by atoms with Crippen LogP contribution in [-0.2, 0) is 6.54 Å². The number of amides is 3. The van der Waals surface area contributed by atoms with Crippen molar-refractivity contribution in [2.75, 3.05) is 32.1 Å². The Bertz CT molecular complexity index is 1100. The summed E-state index contributed by atoms with van der Waals surface area (Å²) in [5, 5.41) is 10.7. The molecule has 1 fully saturated rings. The largest absolute Gasteiger partial charge is 0.497 e. The summed E-state index contributed by atoms with van der Waals surface area (Å²) in [5.41, 5.74) is 2.19. The standard InChI is InChI=1S/C26H30N4O3S/c1-33-22-10-5-7-19(16-22)24(30-12-2-3-13-30)18-28-26(32)29-21-9-4-8-20(15-21)25(31)27-17-23-11-6-14-34-23/h4-11,14-16,24H,2-3,12-13,17-18H2,1H3,(H,27,31)(H2,28,29,32). The molecular weight excluding hydrogens is 448 g/mol. The molecular formula is C26H30N4O3S. The first kappa shape index (κ1) is 23.8. The summed E-state index contributed by atoms with van der Waals surface area (Å²) in [6.45, 7) is 2.97. The van der Waals surface area contributed by atoms with Crippen LogP contribution in [0.4, 0.5) is 10.5 Å². The van der Waals surface area contributed by atoms with Crippen molar-refractivity contribution in [3.8, 4) is 5.75 Å². The van der Waals surface area contributed by atoms with E-state index >= 15 is 0 Å². The molecule has 4 rings (SSSR count). The number of urea groups is 1. The van der Waals surface area contributed by atoms with Crippen molar-refractivity contribution >= 4 is 29.0 Å². The molecule has 0 radical (unpaired) electrons. The molecule has 2 heterocycles. The first-order valence-electron chi connectivity index (χ1n) is 11.5. The smallest absolute Gasteiger partial charge is 0.319 e. The predicted molar refractivity (Wildman–Crippen MR) is 135 cm³/mol. The summed E-state index contributed by atoms with van der Waals surface area (Å²) in [6, 6.07) is 18.7. The Labute approximate surface area is 204 Å². The summed E-state index contributed by atoms with van der Waals surface area (Å²) in [6.07, 6.45) is 2.32. The fraction of sp³-hybridized carbons (Fsp3) is 0.308. The summed E-state index contributed by atoms with van der Waals surface area (Å²) in [4.78, 5) is 28.7. The maximum Gasteiger partial charge on any atom is 0.319 e. The summed E-state index contributed by atoms with van der Waals surface area (Å²) >= 11 is 1.60. The number of anilines is 1. The zero-order chi connectivity index (χ0) is 23.8. The van der Waals surface area contributed by atoms with Gasteiger partial charge in [-0.15, -0.1) is 11.3 Å². The molecule has 0 spiro atoms. The molecule has 1 aromatic heterocycles. The molecule has 34 heavy (non-hydrogen) atoms. The van der Waals surface area contributed by atoms with Crippen molar-refractivity contribution in [1.29, 1.82) is 0 Å². The van der Waals surface area contributed by atoms with Crippen LogP contribution in [0, 0.1) is 0 Å². The normalized spacial score (nSPS) is 14.4. The van der Waals surface area contributed by atoms with E-state index in [9.17, 15) is 9.59 Å². The highest BCUT2D eigenvalue weighted by Gasteiger charge is 2.24. The van der Waals surface area contributed by atoms with E-state index in [1.165, 1.54) is 0 Å². The number of hydrogen-bond donors (Lipinski definition) is 3. The summed E-state index contributed by atoms with van der Waals surface area (Å²) in [7, 11) is 1.66. The lowest BCUT2D eigenvalue weighted by molar-refractivity contribution is 0.0951. The van der Waals surface area contributed by atoms with Crippen molar-refractivity contribution < 1.29 is 14.3 Å².